The number of phosphoric acid groups is 2. The lowest BCUT2D eigenvalue weighted by Crippen LogP contribution is -2.37. The maximum absolute atomic E-state index is 13.6. The summed E-state index contributed by atoms with van der Waals surface area (Å²) in [6.07, 6.45) is -10.1. The number of aromatic nitrogens is 6. The number of aliphatic hydroxyl groups is 4. The Morgan fingerprint density at radius 1 is 1.00 bits per heavy atom. The van der Waals surface area contributed by atoms with E-state index >= 15 is 0 Å². The van der Waals surface area contributed by atoms with Gasteiger partial charge in [-0.25, -0.2) is 28.9 Å². The van der Waals surface area contributed by atoms with E-state index in [1.165, 1.54) is 0 Å². The van der Waals surface area contributed by atoms with E-state index < -0.39 is 89.2 Å². The summed E-state index contributed by atoms with van der Waals surface area (Å²) in [5.74, 6) is -0.0305. The Balaban J connectivity index is 1.41. The number of nitrogens with two attached hydrogens (primary N) is 1. The van der Waals surface area contributed by atoms with Gasteiger partial charge in [0.15, 0.2) is 23.9 Å². The highest BCUT2D eigenvalue weighted by Gasteiger charge is 2.52. The van der Waals surface area contributed by atoms with E-state index in [2.05, 4.69) is 19.3 Å². The van der Waals surface area contributed by atoms with Crippen LogP contribution in [0.5, 0.6) is 0 Å². The van der Waals surface area contributed by atoms with Crippen molar-refractivity contribution >= 4 is 32.6 Å². The second-order valence-corrected chi connectivity index (χ2v) is 12.3. The molecule has 5 rings (SSSR count). The number of aliphatic hydroxyl groups excluding tert-OH is 4. The lowest BCUT2D eigenvalue weighted by molar-refractivity contribution is -0.0634. The van der Waals surface area contributed by atoms with Crippen molar-refractivity contribution in [2.24, 2.45) is 0 Å². The number of nitrogens with one attached hydrogen (secondary N) is 1. The molecule has 3 aromatic heterocycles. The molecule has 0 radical (unpaired) electrons. The molecule has 1 unspecified atom stereocenters. The topological polar surface area (TPSA) is 326 Å². The normalized spacial score (nSPS) is 31.0. The van der Waals surface area contributed by atoms with E-state index in [-0.39, 0.29) is 17.0 Å². The third-order valence-electron chi connectivity index (χ3n) is 6.47. The van der Waals surface area contributed by atoms with Gasteiger partial charge < -0.3 is 45.4 Å². The maximum Gasteiger partial charge on any atom is 0.484 e. The molecule has 2 aliphatic heterocycles. The Hall–Kier alpha value is -2.95. The molecule has 0 bridgehead atoms. The first kappa shape index (κ1) is 31.5. The van der Waals surface area contributed by atoms with Crippen LogP contribution in [0.15, 0.2) is 34.5 Å². The Bertz CT molecular complexity index is 1690. The monoisotopic (exact) mass is 653 g/mol. The molecule has 0 aromatic carbocycles. The molecular weight excluding hydrogens is 628 g/mol. The third kappa shape index (κ3) is 6.33. The minimum absolute atomic E-state index is 0.0305. The summed E-state index contributed by atoms with van der Waals surface area (Å²) < 4.78 is 53.0. The van der Waals surface area contributed by atoms with E-state index in [1.54, 1.807) is 0 Å². The van der Waals surface area contributed by atoms with Crippen molar-refractivity contribution in [3.05, 3.63) is 45.8 Å². The maximum atomic E-state index is 13.6. The average Bonchev–Trinajstić information content (AvgIpc) is 3.57. The highest BCUT2D eigenvalue weighted by molar-refractivity contribution is 7.61. The molecule has 3 aromatic rings. The molecule has 2 fully saturated rings. The van der Waals surface area contributed by atoms with Gasteiger partial charge in [0.25, 0.3) is 5.56 Å². The van der Waals surface area contributed by atoms with E-state index in [0.29, 0.717) is 0 Å². The highest BCUT2D eigenvalue weighted by Crippen LogP contribution is 2.63. The van der Waals surface area contributed by atoms with Crippen LogP contribution >= 0.6 is 15.6 Å². The summed E-state index contributed by atoms with van der Waals surface area (Å²) >= 11 is 0. The number of nitrogens with zero attached hydrogens (tertiary/aromatic N) is 5. The second-order valence-electron chi connectivity index (χ2n) is 9.27. The van der Waals surface area contributed by atoms with E-state index in [1.807, 2.05) is 4.98 Å². The van der Waals surface area contributed by atoms with E-state index in [0.717, 1.165) is 34.1 Å². The van der Waals surface area contributed by atoms with Gasteiger partial charge in [-0.05, 0) is 0 Å². The molecule has 0 amide bonds. The van der Waals surface area contributed by atoms with Crippen molar-refractivity contribution in [1.29, 1.82) is 0 Å². The zero-order valence-corrected chi connectivity index (χ0v) is 23.2. The minimum atomic E-state index is -5.64. The van der Waals surface area contributed by atoms with Crippen LogP contribution in [-0.4, -0.2) is 109 Å². The fraction of sp³-hybridized carbons (Fsp3) is 0.526. The number of imidazole rings is 1. The molecule has 9 N–H and O–H groups in total. The summed E-state index contributed by atoms with van der Waals surface area (Å²) in [6, 6.07) is 0.943. The smallest absolute Gasteiger partial charge is 0.394 e. The van der Waals surface area contributed by atoms with Gasteiger partial charge >= 0.3 is 21.3 Å². The predicted molar refractivity (Wildman–Crippen MR) is 136 cm³/mol. The molecule has 236 valence electrons. The SMILES string of the molecule is Nc1ncnc2c1ncn2[C@@H]1O[C@H](CO)[C@@H](O)[C@H]1OP(=O)(OC[C@H]1O[C@@H](n2ccc(=O)[nH]c2=O)[C@H](O)[C@@H]1O)OP(=O)(O)O. The molecule has 2 aliphatic rings. The number of ether oxygens (including phenoxy) is 2. The fourth-order valence-electron chi connectivity index (χ4n) is 4.50. The van der Waals surface area contributed by atoms with Crippen molar-refractivity contribution in [2.45, 2.75) is 49.1 Å². The van der Waals surface area contributed by atoms with Crippen LogP contribution in [0.3, 0.4) is 0 Å². The molecule has 22 nitrogen and oxygen atoms in total. The van der Waals surface area contributed by atoms with Gasteiger partial charge in [0.1, 0.15) is 48.5 Å². The lowest BCUT2D eigenvalue weighted by Gasteiger charge is -2.27. The first-order valence-electron chi connectivity index (χ1n) is 12.1. The first-order chi connectivity index (χ1) is 20.2. The Morgan fingerprint density at radius 3 is 2.40 bits per heavy atom. The number of hydrogen-bond acceptors (Lipinski definition) is 17. The zero-order valence-electron chi connectivity index (χ0n) is 21.4. The van der Waals surface area contributed by atoms with Gasteiger partial charge in [0.05, 0.1) is 19.5 Å². The fourth-order valence-corrected chi connectivity index (χ4v) is 6.81. The van der Waals surface area contributed by atoms with E-state index in [4.69, 9.17) is 24.3 Å². The van der Waals surface area contributed by atoms with Crippen molar-refractivity contribution in [3.8, 4) is 0 Å². The van der Waals surface area contributed by atoms with Crippen LogP contribution in [0.4, 0.5) is 5.82 Å². The van der Waals surface area contributed by atoms with Crippen molar-refractivity contribution in [2.75, 3.05) is 18.9 Å². The Morgan fingerprint density at radius 2 is 1.72 bits per heavy atom. The molecule has 0 saturated carbocycles. The molecule has 2 saturated heterocycles. The van der Waals surface area contributed by atoms with Gasteiger partial charge in [-0.15, -0.1) is 0 Å². The van der Waals surface area contributed by atoms with Crippen LogP contribution in [0.2, 0.25) is 0 Å². The van der Waals surface area contributed by atoms with Gasteiger partial charge in [-0.2, -0.15) is 4.31 Å². The average molecular weight is 653 g/mol. The molecule has 43 heavy (non-hydrogen) atoms. The number of anilines is 1. The number of aromatic amines is 1. The Kier molecular flexibility index (Phi) is 8.68. The van der Waals surface area contributed by atoms with Crippen molar-refractivity contribution in [3.63, 3.8) is 0 Å². The quantitative estimate of drug-likeness (QED) is 0.0981. The summed E-state index contributed by atoms with van der Waals surface area (Å²) in [6.45, 7) is -1.79. The number of phosphoric ester groups is 1. The van der Waals surface area contributed by atoms with Gasteiger partial charge in [-0.3, -0.25) is 28.0 Å². The Labute approximate surface area is 238 Å². The zero-order chi connectivity index (χ0) is 31.3. The van der Waals surface area contributed by atoms with Crippen LogP contribution < -0.4 is 17.0 Å². The van der Waals surface area contributed by atoms with Crippen LogP contribution in [-0.2, 0) is 32.0 Å². The number of H-pyrrole nitrogens is 1. The minimum Gasteiger partial charge on any atom is -0.394 e. The van der Waals surface area contributed by atoms with E-state index in [9.17, 15) is 48.9 Å². The van der Waals surface area contributed by atoms with Crippen molar-refractivity contribution < 1.29 is 62.2 Å². The van der Waals surface area contributed by atoms with Crippen molar-refractivity contribution in [1.82, 2.24) is 29.1 Å². The summed E-state index contributed by atoms with van der Waals surface area (Å²) in [4.78, 5) is 56.1. The van der Waals surface area contributed by atoms with Crippen LogP contribution in [0, 0.1) is 0 Å². The predicted octanol–water partition coefficient (Wildman–Crippen LogP) is -3.55. The first-order valence-corrected chi connectivity index (χ1v) is 15.1. The molecule has 5 heterocycles. The second kappa shape index (κ2) is 11.9. The summed E-state index contributed by atoms with van der Waals surface area (Å²) in [7, 11) is -11.1. The third-order valence-corrected chi connectivity index (χ3v) is 9.09. The van der Waals surface area contributed by atoms with Gasteiger partial charge in [0.2, 0.25) is 0 Å². The largest absolute Gasteiger partial charge is 0.484 e. The molecule has 0 spiro atoms. The summed E-state index contributed by atoms with van der Waals surface area (Å²) in [5.41, 5.74) is 4.19. The lowest BCUT2D eigenvalue weighted by atomic mass is 10.1. The van der Waals surface area contributed by atoms with Crippen LogP contribution in [0.25, 0.3) is 11.2 Å². The molecule has 9 atom stereocenters. The standard InChI is InChI=1S/C19H25N7O15P2/c20-15-10-16(22-5-21-15)26(6-23-10)18-14(12(30)7(3-27)38-18)40-43(36,41-42(33,34)35)37-4-8-11(29)13(31)17(39-8)25-2-1-9(28)24-19(25)32/h1-2,5-8,11-14,17-18,27,29-31H,3-4H2,(H2,20,21,22)(H,24,28,32)(H2,33,34,35)/t7-,8-,11-,12-,13-,14-,17-,18-,43?/m1/s1. The molecule has 0 aliphatic carbocycles. The van der Waals surface area contributed by atoms with Gasteiger partial charge in [0, 0.05) is 12.3 Å². The molecular formula is C19H25N7O15P2. The number of nitrogen functional groups attached to an aromatic ring is 1. The number of hydrogen-bond donors (Lipinski definition) is 8. The van der Waals surface area contributed by atoms with Crippen LogP contribution in [0.1, 0.15) is 12.5 Å². The number of fused-ring (bicyclic) bond motifs is 1. The van der Waals surface area contributed by atoms with Gasteiger partial charge in [-0.1, -0.05) is 0 Å². The molecule has 24 heteroatoms. The summed E-state index contributed by atoms with van der Waals surface area (Å²) in [5, 5.41) is 41.4. The number of rotatable bonds is 10. The highest BCUT2D eigenvalue weighted by atomic mass is 31.3.